The van der Waals surface area contributed by atoms with Crippen molar-refractivity contribution < 1.29 is 20.7 Å². The molecule has 0 amide bonds. The fourth-order valence-corrected chi connectivity index (χ4v) is 2.09. The maximum absolute atomic E-state index is 11.1. The molecule has 0 aromatic carbocycles. The van der Waals surface area contributed by atoms with Crippen molar-refractivity contribution in [2.75, 3.05) is 0 Å². The lowest BCUT2D eigenvalue weighted by molar-refractivity contribution is -0.210. The van der Waals surface area contributed by atoms with Gasteiger partial charge in [0.2, 0.25) is 11.3 Å². The Morgan fingerprint density at radius 1 is 1.42 bits per heavy atom. The molecule has 12 heavy (non-hydrogen) atoms. The minimum absolute atomic E-state index is 0.674. The highest BCUT2D eigenvalue weighted by Gasteiger charge is 2.37. The molecule has 1 unspecified atom stereocenters. The van der Waals surface area contributed by atoms with E-state index in [2.05, 4.69) is 0 Å². The van der Waals surface area contributed by atoms with Crippen LogP contribution in [0.2, 0.25) is 0 Å². The Kier molecular flexibility index (Phi) is 3.10. The molecule has 0 bridgehead atoms. The summed E-state index contributed by atoms with van der Waals surface area (Å²) >= 11 is -3.18. The van der Waals surface area contributed by atoms with Crippen LogP contribution >= 0.6 is 0 Å². The predicted molar refractivity (Wildman–Crippen MR) is 41.2 cm³/mol. The molecule has 0 saturated carbocycles. The van der Waals surface area contributed by atoms with Gasteiger partial charge in [-0.25, -0.2) is 4.21 Å². The zero-order chi connectivity index (χ0) is 10.2. The third-order valence-electron chi connectivity index (χ3n) is 1.11. The van der Waals surface area contributed by atoms with Gasteiger partial charge < -0.3 is 10.1 Å². The molecule has 0 aromatic heterocycles. The zero-order valence-electron chi connectivity index (χ0n) is 6.84. The summed E-state index contributed by atoms with van der Waals surface area (Å²) in [6.45, 7) is 3.83. The Labute approximate surface area is 73.6 Å². The molecule has 0 spiro atoms. The molecule has 1 atom stereocenters. The molecule has 0 aliphatic rings. The van der Waals surface area contributed by atoms with Gasteiger partial charge in [0.05, 0.1) is 0 Å². The normalized spacial score (nSPS) is 15.7. The van der Waals surface area contributed by atoms with Crippen molar-refractivity contribution >= 4 is 21.3 Å². The SMILES string of the molecule is CC(C)(C)S(=O)(=O)[N+](=[N-])S(=O)[O-]. The summed E-state index contributed by atoms with van der Waals surface area (Å²) in [7, 11) is -4.20. The molecule has 0 aliphatic carbocycles. The van der Waals surface area contributed by atoms with Crippen LogP contribution in [-0.4, -0.2) is 25.4 Å². The van der Waals surface area contributed by atoms with Crippen molar-refractivity contribution in [3.05, 3.63) is 5.53 Å². The smallest absolute Gasteiger partial charge is 0.372 e. The minimum atomic E-state index is -4.20. The average Bonchev–Trinajstić information content (AvgIpc) is 1.83. The largest absolute Gasteiger partial charge is 0.716 e. The topological polar surface area (TPSA) is 99.6 Å². The molecular weight excluding hydrogens is 204 g/mol. The van der Waals surface area contributed by atoms with E-state index >= 15 is 0 Å². The summed E-state index contributed by atoms with van der Waals surface area (Å²) in [5.41, 5.74) is 8.62. The highest BCUT2D eigenvalue weighted by molar-refractivity contribution is 7.93. The van der Waals surface area contributed by atoms with E-state index in [1.54, 1.807) is 0 Å². The second-order valence-electron chi connectivity index (χ2n) is 3.04. The van der Waals surface area contributed by atoms with E-state index < -0.39 is 29.5 Å². The fourth-order valence-electron chi connectivity index (χ4n) is 0.314. The van der Waals surface area contributed by atoms with Gasteiger partial charge in [-0.05, 0) is 20.8 Å². The van der Waals surface area contributed by atoms with E-state index in [-0.39, 0.29) is 0 Å². The lowest BCUT2D eigenvalue weighted by atomic mass is 10.3. The number of nitrogens with zero attached hydrogens (tertiary/aromatic N) is 2. The zero-order valence-corrected chi connectivity index (χ0v) is 8.48. The Hall–Kier alpha value is -0.340. The third-order valence-corrected chi connectivity index (χ3v) is 4.27. The van der Waals surface area contributed by atoms with Crippen LogP contribution in [-0.2, 0) is 21.3 Å². The van der Waals surface area contributed by atoms with Crippen LogP contribution in [0.5, 0.6) is 0 Å². The van der Waals surface area contributed by atoms with Crippen molar-refractivity contribution in [3.63, 3.8) is 0 Å². The summed E-state index contributed by atoms with van der Waals surface area (Å²) < 4.78 is 40.3. The van der Waals surface area contributed by atoms with Crippen molar-refractivity contribution in [2.24, 2.45) is 0 Å². The van der Waals surface area contributed by atoms with Crippen molar-refractivity contribution in [2.45, 2.75) is 25.5 Å². The molecule has 0 aliphatic heterocycles. The van der Waals surface area contributed by atoms with Gasteiger partial charge in [0.25, 0.3) is 0 Å². The van der Waals surface area contributed by atoms with E-state index in [1.807, 2.05) is 0 Å². The summed E-state index contributed by atoms with van der Waals surface area (Å²) in [6.07, 6.45) is 0. The van der Waals surface area contributed by atoms with Gasteiger partial charge in [0, 0.05) is 0 Å². The van der Waals surface area contributed by atoms with E-state index in [1.165, 1.54) is 20.8 Å². The maximum atomic E-state index is 11.1. The third kappa shape index (κ3) is 2.08. The van der Waals surface area contributed by atoms with Gasteiger partial charge in [0.1, 0.15) is 4.75 Å². The second-order valence-corrected chi connectivity index (χ2v) is 6.57. The molecule has 0 aromatic rings. The lowest BCUT2D eigenvalue weighted by Crippen LogP contribution is -2.36. The van der Waals surface area contributed by atoms with Gasteiger partial charge in [-0.15, -0.1) is 3.51 Å². The van der Waals surface area contributed by atoms with Gasteiger partial charge >= 0.3 is 10.0 Å². The minimum Gasteiger partial charge on any atom is -0.716 e. The highest BCUT2D eigenvalue weighted by atomic mass is 32.3. The number of rotatable bonds is 2. The first-order valence-corrected chi connectivity index (χ1v) is 5.41. The van der Waals surface area contributed by atoms with Crippen LogP contribution in [0.25, 0.3) is 5.53 Å². The summed E-state index contributed by atoms with van der Waals surface area (Å²) in [6, 6.07) is 0. The van der Waals surface area contributed by atoms with Gasteiger partial charge in [0.15, 0.2) is 0 Å². The van der Waals surface area contributed by atoms with Gasteiger partial charge in [-0.2, -0.15) is 8.42 Å². The van der Waals surface area contributed by atoms with E-state index in [4.69, 9.17) is 5.53 Å². The molecule has 0 heterocycles. The number of hydrogen-bond acceptors (Lipinski definition) is 4. The second kappa shape index (κ2) is 3.19. The average molecular weight is 213 g/mol. The van der Waals surface area contributed by atoms with Gasteiger partial charge in [-0.3, -0.25) is 0 Å². The molecule has 8 heteroatoms. The Morgan fingerprint density at radius 3 is 1.83 bits per heavy atom. The number of sulfonamides is 1. The molecule has 72 valence electrons. The van der Waals surface area contributed by atoms with Crippen LogP contribution in [0.1, 0.15) is 20.8 Å². The molecule has 0 radical (unpaired) electrons. The predicted octanol–water partition coefficient (Wildman–Crippen LogP) is -0.0571. The first kappa shape index (κ1) is 11.7. The maximum Gasteiger partial charge on any atom is 0.372 e. The molecular formula is C4H9N2O4S2-. The standard InChI is InChI=1S/C4H10N2O4S2/c1-4(2,3)12(9,10)6(5)11(7)8/h1-3H3,(H,7,8)/p-1. The Balaban J connectivity index is 5.18. The monoisotopic (exact) mass is 213 g/mol. The number of hydrogen-bond donors (Lipinski definition) is 0. The Morgan fingerprint density at radius 2 is 1.75 bits per heavy atom. The van der Waals surface area contributed by atoms with E-state index in [0.29, 0.717) is 0 Å². The van der Waals surface area contributed by atoms with Crippen molar-refractivity contribution in [1.29, 1.82) is 0 Å². The summed E-state index contributed by atoms with van der Waals surface area (Å²) in [4.78, 5) is 0. The van der Waals surface area contributed by atoms with Crippen LogP contribution in [0, 0.1) is 0 Å². The van der Waals surface area contributed by atoms with Crippen LogP contribution in [0.15, 0.2) is 0 Å². The Bertz CT molecular complexity index is 312. The lowest BCUT2D eigenvalue weighted by Gasteiger charge is -2.17. The van der Waals surface area contributed by atoms with E-state index in [0.717, 1.165) is 0 Å². The highest BCUT2D eigenvalue weighted by Crippen LogP contribution is 2.17. The van der Waals surface area contributed by atoms with Crippen molar-refractivity contribution in [3.8, 4) is 0 Å². The molecule has 6 nitrogen and oxygen atoms in total. The van der Waals surface area contributed by atoms with Crippen LogP contribution in [0.3, 0.4) is 0 Å². The van der Waals surface area contributed by atoms with E-state index in [9.17, 15) is 17.2 Å². The first-order valence-electron chi connectivity index (χ1n) is 2.94. The first-order chi connectivity index (χ1) is 5.10. The van der Waals surface area contributed by atoms with Crippen LogP contribution < -0.4 is 0 Å². The molecule has 0 saturated heterocycles. The fraction of sp³-hybridized carbons (Fsp3) is 1.00. The quantitative estimate of drug-likeness (QED) is 0.364. The summed E-state index contributed by atoms with van der Waals surface area (Å²) in [5.74, 6) is 0. The van der Waals surface area contributed by atoms with Gasteiger partial charge in [-0.1, -0.05) is 0 Å². The van der Waals surface area contributed by atoms with Crippen LogP contribution in [0.4, 0.5) is 0 Å². The molecule has 0 fully saturated rings. The molecule has 0 N–H and O–H groups in total. The molecule has 0 rings (SSSR count). The van der Waals surface area contributed by atoms with Crippen molar-refractivity contribution in [1.82, 2.24) is 0 Å². The summed E-state index contributed by atoms with van der Waals surface area (Å²) in [5, 5.41) is 0.